The Morgan fingerprint density at radius 3 is 2.48 bits per heavy atom. The highest BCUT2D eigenvalue weighted by atomic mass is 79.9. The highest BCUT2D eigenvalue weighted by molar-refractivity contribution is 9.10. The van der Waals surface area contributed by atoms with Crippen molar-refractivity contribution in [3.8, 4) is 16.3 Å². The SMILES string of the molecule is COc1cc(F)c(-c2nc(C(=O)O)cs2)c(F)c1.Cn1ncc(NCc2ccc(F)c(Br)n2)c1[C@@H]1CC[C@@H](NC(=O)O)[C@H](F)CO1. The molecule has 3 aromatic heterocycles. The lowest BCUT2D eigenvalue weighted by Crippen LogP contribution is -2.41. The van der Waals surface area contributed by atoms with Gasteiger partial charge in [0.15, 0.2) is 11.5 Å². The first-order chi connectivity index (χ1) is 21.9. The van der Waals surface area contributed by atoms with Gasteiger partial charge in [0.2, 0.25) is 0 Å². The number of hydrogen-bond donors (Lipinski definition) is 4. The van der Waals surface area contributed by atoms with E-state index in [0.29, 0.717) is 30.8 Å². The second-order valence-electron chi connectivity index (χ2n) is 9.78. The second-order valence-corrected chi connectivity index (χ2v) is 11.4. The van der Waals surface area contributed by atoms with E-state index in [1.54, 1.807) is 24.0 Å². The van der Waals surface area contributed by atoms with Crippen LogP contribution in [0, 0.1) is 17.5 Å². The second kappa shape index (κ2) is 15.3. The normalized spacial score (nSPS) is 17.8. The lowest BCUT2D eigenvalue weighted by molar-refractivity contribution is 0.0232. The molecule has 4 heterocycles. The molecule has 1 aliphatic heterocycles. The van der Waals surface area contributed by atoms with Crippen LogP contribution in [-0.4, -0.2) is 68.0 Å². The molecule has 246 valence electrons. The summed E-state index contributed by atoms with van der Waals surface area (Å²) in [4.78, 5) is 29.2. The van der Waals surface area contributed by atoms with E-state index in [-0.39, 0.29) is 33.2 Å². The molecular formula is C28H27BrF4N6O6S. The van der Waals surface area contributed by atoms with Gasteiger partial charge < -0.3 is 30.3 Å². The zero-order valence-electron chi connectivity index (χ0n) is 24.1. The van der Waals surface area contributed by atoms with Gasteiger partial charge >= 0.3 is 12.1 Å². The number of benzene rings is 1. The third-order valence-corrected chi connectivity index (χ3v) is 8.16. The molecule has 0 spiro atoms. The maximum absolute atomic E-state index is 14.2. The van der Waals surface area contributed by atoms with Gasteiger partial charge in [0.05, 0.1) is 55.1 Å². The number of halogens is 5. The minimum Gasteiger partial charge on any atom is -0.497 e. The maximum Gasteiger partial charge on any atom is 0.404 e. The van der Waals surface area contributed by atoms with Gasteiger partial charge in [-0.1, -0.05) is 0 Å². The standard InChI is InChI=1S/C17H20BrF2N5O3.C11H7F2NO3S/c1-25-15(14-5-4-12(24-17(26)27)11(20)8-28-14)13(7-22-25)21-6-9-2-3-10(19)16(18)23-9;1-17-5-2-6(12)9(7(13)3-5)10-14-8(4-18-10)11(15)16/h2-3,7,11-12,14,21,24H,4-6,8H2,1H3,(H,26,27);2-4H,1H3,(H,15,16)/t11-,12-,14+;/m1./s1. The number of nitrogens with one attached hydrogen (secondary N) is 2. The number of carboxylic acids is 1. The molecule has 5 rings (SSSR count). The highest BCUT2D eigenvalue weighted by Gasteiger charge is 2.32. The largest absolute Gasteiger partial charge is 0.497 e. The summed E-state index contributed by atoms with van der Waals surface area (Å²) in [7, 11) is 3.04. The Bertz CT molecular complexity index is 1690. The van der Waals surface area contributed by atoms with E-state index in [4.69, 9.17) is 19.7 Å². The molecule has 1 amide bonds. The Balaban J connectivity index is 0.000000230. The number of amides is 1. The van der Waals surface area contributed by atoms with Crippen molar-refractivity contribution in [3.05, 3.63) is 75.0 Å². The molecule has 0 saturated carbocycles. The van der Waals surface area contributed by atoms with E-state index < -0.39 is 47.8 Å². The third-order valence-electron chi connectivity index (χ3n) is 6.74. The molecular weight excluding hydrogens is 704 g/mol. The quantitative estimate of drug-likeness (QED) is 0.126. The Kier molecular flexibility index (Phi) is 11.5. The Morgan fingerprint density at radius 1 is 1.15 bits per heavy atom. The predicted octanol–water partition coefficient (Wildman–Crippen LogP) is 5.95. The number of aromatic carboxylic acids is 1. The number of alkyl halides is 1. The number of aryl methyl sites for hydroxylation is 1. The number of thiazole rings is 1. The highest BCUT2D eigenvalue weighted by Crippen LogP contribution is 2.34. The van der Waals surface area contributed by atoms with Crippen LogP contribution in [0.1, 0.15) is 40.8 Å². The number of pyridine rings is 1. The van der Waals surface area contributed by atoms with Crippen LogP contribution in [0.2, 0.25) is 0 Å². The molecule has 4 N–H and O–H groups in total. The summed E-state index contributed by atoms with van der Waals surface area (Å²) in [6.07, 6.45) is -0.766. The molecule has 4 aromatic rings. The molecule has 0 radical (unpaired) electrons. The molecule has 1 fully saturated rings. The van der Waals surface area contributed by atoms with Crippen molar-refractivity contribution < 1.29 is 46.8 Å². The summed E-state index contributed by atoms with van der Waals surface area (Å²) >= 11 is 3.92. The number of methoxy groups -OCH3 is 1. The van der Waals surface area contributed by atoms with E-state index >= 15 is 0 Å². The lowest BCUT2D eigenvalue weighted by Gasteiger charge is -2.18. The van der Waals surface area contributed by atoms with Gasteiger partial charge in [-0.3, -0.25) is 4.68 Å². The van der Waals surface area contributed by atoms with Gasteiger partial charge in [-0.2, -0.15) is 5.10 Å². The van der Waals surface area contributed by atoms with Gasteiger partial charge in [-0.05, 0) is 40.9 Å². The zero-order chi connectivity index (χ0) is 33.5. The van der Waals surface area contributed by atoms with E-state index in [2.05, 4.69) is 41.6 Å². The fraction of sp³-hybridized carbons (Fsp3) is 0.321. The van der Waals surface area contributed by atoms with Crippen molar-refractivity contribution in [1.29, 1.82) is 0 Å². The summed E-state index contributed by atoms with van der Waals surface area (Å²) in [6, 6.07) is 4.11. The van der Waals surface area contributed by atoms with Gasteiger partial charge in [-0.15, -0.1) is 11.3 Å². The number of anilines is 1. The van der Waals surface area contributed by atoms with Crippen molar-refractivity contribution in [2.24, 2.45) is 7.05 Å². The number of aromatic nitrogens is 4. The third kappa shape index (κ3) is 8.49. The smallest absolute Gasteiger partial charge is 0.404 e. The van der Waals surface area contributed by atoms with Gasteiger partial charge in [-0.25, -0.2) is 37.1 Å². The van der Waals surface area contributed by atoms with Crippen LogP contribution in [0.25, 0.3) is 10.6 Å². The summed E-state index contributed by atoms with van der Waals surface area (Å²) < 4.78 is 67.1. The summed E-state index contributed by atoms with van der Waals surface area (Å²) in [5.41, 5.74) is 1.44. The first-order valence-electron chi connectivity index (χ1n) is 13.4. The number of rotatable bonds is 8. The molecule has 3 atom stereocenters. The van der Waals surface area contributed by atoms with Crippen molar-refractivity contribution in [2.45, 2.75) is 37.7 Å². The number of nitrogens with zero attached hydrogens (tertiary/aromatic N) is 4. The average molecular weight is 732 g/mol. The monoisotopic (exact) mass is 730 g/mol. The van der Waals surface area contributed by atoms with Crippen LogP contribution in [-0.2, 0) is 18.3 Å². The average Bonchev–Trinajstić information content (AvgIpc) is 3.59. The first kappa shape index (κ1) is 34.6. The van der Waals surface area contributed by atoms with Crippen molar-refractivity contribution in [2.75, 3.05) is 19.0 Å². The molecule has 18 heteroatoms. The number of carbonyl (C=O) groups is 2. The Labute approximate surface area is 271 Å². The molecule has 0 bridgehead atoms. The van der Waals surface area contributed by atoms with Crippen LogP contribution >= 0.6 is 27.3 Å². The van der Waals surface area contributed by atoms with Gasteiger partial charge in [0, 0.05) is 24.6 Å². The summed E-state index contributed by atoms with van der Waals surface area (Å²) in [5, 5.41) is 28.4. The summed E-state index contributed by atoms with van der Waals surface area (Å²) in [5.74, 6) is -3.34. The minimum absolute atomic E-state index is 0.0231. The number of carboxylic acid groups (broad SMARTS) is 2. The van der Waals surface area contributed by atoms with Crippen LogP contribution in [0.5, 0.6) is 5.75 Å². The Hall–Kier alpha value is -4.29. The molecule has 1 aromatic carbocycles. The molecule has 46 heavy (non-hydrogen) atoms. The van der Waals surface area contributed by atoms with E-state index in [9.17, 15) is 27.2 Å². The molecule has 0 aliphatic carbocycles. The van der Waals surface area contributed by atoms with Crippen LogP contribution in [0.3, 0.4) is 0 Å². The maximum atomic E-state index is 14.2. The minimum atomic E-state index is -1.42. The fourth-order valence-corrected chi connectivity index (χ4v) is 5.72. The van der Waals surface area contributed by atoms with Gasteiger partial charge in [0.1, 0.15) is 39.3 Å². The van der Waals surface area contributed by atoms with Crippen LogP contribution in [0.4, 0.5) is 28.0 Å². The predicted molar refractivity (Wildman–Crippen MR) is 161 cm³/mol. The van der Waals surface area contributed by atoms with E-state index in [0.717, 1.165) is 29.2 Å². The van der Waals surface area contributed by atoms with Crippen LogP contribution < -0.4 is 15.4 Å². The Morgan fingerprint density at radius 2 is 1.87 bits per heavy atom. The fourth-order valence-electron chi connectivity index (χ4n) is 4.52. The van der Waals surface area contributed by atoms with Crippen molar-refractivity contribution in [1.82, 2.24) is 25.1 Å². The van der Waals surface area contributed by atoms with Crippen molar-refractivity contribution in [3.63, 3.8) is 0 Å². The van der Waals surface area contributed by atoms with E-state index in [1.807, 2.05) is 0 Å². The first-order valence-corrected chi connectivity index (χ1v) is 15.1. The van der Waals surface area contributed by atoms with E-state index in [1.165, 1.54) is 18.6 Å². The summed E-state index contributed by atoms with van der Waals surface area (Å²) in [6.45, 7) is 0.117. The van der Waals surface area contributed by atoms with Crippen LogP contribution in [0.15, 0.2) is 40.4 Å². The molecule has 1 aliphatic rings. The number of hydrogen-bond acceptors (Lipinski definition) is 9. The van der Waals surface area contributed by atoms with Crippen molar-refractivity contribution >= 4 is 45.0 Å². The molecule has 12 nitrogen and oxygen atoms in total. The zero-order valence-corrected chi connectivity index (χ0v) is 26.5. The topological polar surface area (TPSA) is 161 Å². The molecule has 0 unspecified atom stereocenters. The lowest BCUT2D eigenvalue weighted by atomic mass is 10.0. The van der Waals surface area contributed by atoms with Gasteiger partial charge in [0.25, 0.3) is 0 Å². The molecule has 1 saturated heterocycles. The number of ether oxygens (including phenoxy) is 2.